The summed E-state index contributed by atoms with van der Waals surface area (Å²) in [5.74, 6) is -0.222. The molecule has 2 aromatic carbocycles. The van der Waals surface area contributed by atoms with E-state index in [4.69, 9.17) is 27.2 Å². The maximum Gasteiger partial charge on any atom is 0.303 e. The van der Waals surface area contributed by atoms with Crippen LogP contribution in [0, 0.1) is 0 Å². The van der Waals surface area contributed by atoms with Gasteiger partial charge >= 0.3 is 5.97 Å². The predicted octanol–water partition coefficient (Wildman–Crippen LogP) is 5.39. The molecule has 1 amide bonds. The van der Waals surface area contributed by atoms with E-state index < -0.39 is 5.97 Å². The predicted molar refractivity (Wildman–Crippen MR) is 142 cm³/mol. The molecule has 180 valence electrons. The van der Waals surface area contributed by atoms with Crippen LogP contribution in [0.5, 0.6) is 5.75 Å². The van der Waals surface area contributed by atoms with Gasteiger partial charge < -0.3 is 9.84 Å². The molecule has 35 heavy (non-hydrogen) atoms. The number of benzene rings is 2. The number of carboxylic acids is 1. The lowest BCUT2D eigenvalue weighted by Gasteiger charge is -2.13. The molecule has 0 saturated carbocycles. The molecule has 1 saturated heterocycles. The van der Waals surface area contributed by atoms with E-state index in [1.165, 1.54) is 11.8 Å². The summed E-state index contributed by atoms with van der Waals surface area (Å²) >= 11 is 6.74. The number of carbonyl (C=O) groups is 2. The molecule has 1 aliphatic heterocycles. The van der Waals surface area contributed by atoms with Crippen molar-refractivity contribution in [3.8, 4) is 22.7 Å². The van der Waals surface area contributed by atoms with Gasteiger partial charge in [-0.1, -0.05) is 60.7 Å². The zero-order valence-corrected chi connectivity index (χ0v) is 20.8. The fraction of sp³-hybridized carbons (Fsp3) is 0.231. The van der Waals surface area contributed by atoms with Crippen molar-refractivity contribution in [1.29, 1.82) is 0 Å². The second-order valence-electron chi connectivity index (χ2n) is 7.98. The standard InChI is InChI=1S/C26H25N3O4S2/c1-33-21-12-8-9-18(15-21)24-19(17-29(27-24)20-10-4-2-5-11-20)16-22-25(32)28(26(34)35-22)14-7-3-6-13-23(30)31/h2,4-5,8-12,15-17H,3,6-7,13-14H2,1H3,(H,30,31)/b22-16+. The van der Waals surface area contributed by atoms with Crippen molar-refractivity contribution in [1.82, 2.24) is 14.7 Å². The smallest absolute Gasteiger partial charge is 0.303 e. The molecule has 0 bridgehead atoms. The van der Waals surface area contributed by atoms with Gasteiger partial charge in [0.25, 0.3) is 5.91 Å². The fourth-order valence-corrected chi connectivity index (χ4v) is 5.06. The van der Waals surface area contributed by atoms with Crippen LogP contribution in [-0.2, 0) is 9.59 Å². The van der Waals surface area contributed by atoms with E-state index in [2.05, 4.69) is 0 Å². The Morgan fingerprint density at radius 2 is 1.94 bits per heavy atom. The van der Waals surface area contributed by atoms with Crippen LogP contribution >= 0.6 is 24.0 Å². The van der Waals surface area contributed by atoms with Crippen LogP contribution in [0.15, 0.2) is 65.7 Å². The van der Waals surface area contributed by atoms with Crippen molar-refractivity contribution in [2.45, 2.75) is 25.7 Å². The van der Waals surface area contributed by atoms with Gasteiger partial charge in [-0.05, 0) is 43.2 Å². The highest BCUT2D eigenvalue weighted by Gasteiger charge is 2.32. The van der Waals surface area contributed by atoms with Gasteiger partial charge in [0.05, 0.1) is 17.7 Å². The molecule has 0 radical (unpaired) electrons. The molecule has 1 fully saturated rings. The minimum absolute atomic E-state index is 0.136. The van der Waals surface area contributed by atoms with Crippen molar-refractivity contribution in [2.24, 2.45) is 0 Å². The Balaban J connectivity index is 1.61. The number of nitrogens with zero attached hydrogens (tertiary/aromatic N) is 3. The molecule has 0 spiro atoms. The Kier molecular flexibility index (Phi) is 7.99. The van der Waals surface area contributed by atoms with Gasteiger partial charge in [-0.3, -0.25) is 14.5 Å². The number of thiocarbonyl (C=S) groups is 1. The van der Waals surface area contributed by atoms with E-state index >= 15 is 0 Å². The first kappa shape index (κ1) is 24.7. The zero-order chi connectivity index (χ0) is 24.8. The van der Waals surface area contributed by atoms with Crippen LogP contribution in [0.4, 0.5) is 0 Å². The Morgan fingerprint density at radius 3 is 2.69 bits per heavy atom. The zero-order valence-electron chi connectivity index (χ0n) is 19.2. The summed E-state index contributed by atoms with van der Waals surface area (Å²) in [6, 6.07) is 17.4. The number of aliphatic carboxylic acids is 1. The van der Waals surface area contributed by atoms with Crippen LogP contribution in [0.25, 0.3) is 23.0 Å². The van der Waals surface area contributed by atoms with Gasteiger partial charge in [-0.15, -0.1) is 0 Å². The van der Waals surface area contributed by atoms with E-state index in [0.29, 0.717) is 28.6 Å². The number of ether oxygens (including phenoxy) is 1. The third-order valence-corrected chi connectivity index (χ3v) is 6.92. The van der Waals surface area contributed by atoms with Crippen LogP contribution in [0.3, 0.4) is 0 Å². The average molecular weight is 508 g/mol. The lowest BCUT2D eigenvalue weighted by atomic mass is 10.1. The number of methoxy groups -OCH3 is 1. The van der Waals surface area contributed by atoms with Gasteiger partial charge in [-0.2, -0.15) is 5.10 Å². The SMILES string of the molecule is COc1cccc(-c2nn(-c3ccccc3)cc2/C=C2/SC(=S)N(CCCCCC(=O)O)C2=O)c1. The van der Waals surface area contributed by atoms with Crippen molar-refractivity contribution in [3.63, 3.8) is 0 Å². The fourth-order valence-electron chi connectivity index (χ4n) is 3.76. The molecule has 3 aromatic rings. The van der Waals surface area contributed by atoms with Crippen molar-refractivity contribution < 1.29 is 19.4 Å². The number of amides is 1. The molecule has 0 atom stereocenters. The third-order valence-electron chi connectivity index (χ3n) is 5.54. The Bertz CT molecular complexity index is 1270. The van der Waals surface area contributed by atoms with Crippen molar-refractivity contribution >= 4 is 46.3 Å². The number of hydrogen-bond acceptors (Lipinski definition) is 6. The summed E-state index contributed by atoms with van der Waals surface area (Å²) in [4.78, 5) is 25.9. The first-order valence-corrected chi connectivity index (χ1v) is 12.5. The maximum absolute atomic E-state index is 13.1. The molecule has 7 nitrogen and oxygen atoms in total. The summed E-state index contributed by atoms with van der Waals surface area (Å²) in [5.41, 5.74) is 3.31. The van der Waals surface area contributed by atoms with Crippen LogP contribution < -0.4 is 4.74 Å². The topological polar surface area (TPSA) is 84.7 Å². The highest BCUT2D eigenvalue weighted by atomic mass is 32.2. The first-order valence-electron chi connectivity index (χ1n) is 11.2. The number of para-hydroxylation sites is 1. The number of rotatable bonds is 10. The highest BCUT2D eigenvalue weighted by molar-refractivity contribution is 8.26. The third kappa shape index (κ3) is 5.98. The largest absolute Gasteiger partial charge is 0.497 e. The molecule has 1 aromatic heterocycles. The van der Waals surface area contributed by atoms with Crippen LogP contribution in [-0.4, -0.2) is 49.6 Å². The van der Waals surface area contributed by atoms with Crippen molar-refractivity contribution in [2.75, 3.05) is 13.7 Å². The normalized spacial score (nSPS) is 14.7. The van der Waals surface area contributed by atoms with Crippen LogP contribution in [0.1, 0.15) is 31.2 Å². The second-order valence-corrected chi connectivity index (χ2v) is 9.66. The molecule has 4 rings (SSSR count). The molecule has 2 heterocycles. The summed E-state index contributed by atoms with van der Waals surface area (Å²) < 4.78 is 7.70. The summed E-state index contributed by atoms with van der Waals surface area (Å²) in [6.45, 7) is 0.480. The average Bonchev–Trinajstić information content (AvgIpc) is 3.40. The number of carbonyl (C=O) groups excluding carboxylic acids is 1. The van der Waals surface area contributed by atoms with Gasteiger partial charge in [-0.25, -0.2) is 4.68 Å². The van der Waals surface area contributed by atoms with Crippen molar-refractivity contribution in [3.05, 3.63) is 71.3 Å². The van der Waals surface area contributed by atoms with Gasteiger partial charge in [0.1, 0.15) is 15.8 Å². The number of aromatic nitrogens is 2. The molecule has 1 N–H and O–H groups in total. The van der Waals surface area contributed by atoms with Crippen LogP contribution in [0.2, 0.25) is 0 Å². The van der Waals surface area contributed by atoms with E-state index in [0.717, 1.165) is 34.7 Å². The number of unbranched alkanes of at least 4 members (excludes halogenated alkanes) is 2. The monoisotopic (exact) mass is 507 g/mol. The molecule has 0 aliphatic carbocycles. The van der Waals surface area contributed by atoms with E-state index in [-0.39, 0.29) is 12.3 Å². The molecular weight excluding hydrogens is 482 g/mol. The van der Waals surface area contributed by atoms with Gasteiger partial charge in [0, 0.05) is 30.3 Å². The van der Waals surface area contributed by atoms with E-state index in [1.807, 2.05) is 66.9 Å². The number of carboxylic acid groups (broad SMARTS) is 1. The molecule has 1 aliphatic rings. The lowest BCUT2D eigenvalue weighted by Crippen LogP contribution is -2.29. The second kappa shape index (κ2) is 11.3. The Morgan fingerprint density at radius 1 is 1.14 bits per heavy atom. The van der Waals surface area contributed by atoms with E-state index in [1.54, 1.807) is 16.7 Å². The quantitative estimate of drug-likeness (QED) is 0.224. The Labute approximate surface area is 213 Å². The van der Waals surface area contributed by atoms with E-state index in [9.17, 15) is 9.59 Å². The minimum Gasteiger partial charge on any atom is -0.497 e. The lowest BCUT2D eigenvalue weighted by molar-refractivity contribution is -0.137. The summed E-state index contributed by atoms with van der Waals surface area (Å²) in [6.07, 6.45) is 5.90. The first-order chi connectivity index (χ1) is 17.0. The molecule has 9 heteroatoms. The minimum atomic E-state index is -0.804. The molecule has 0 unspecified atom stereocenters. The summed E-state index contributed by atoms with van der Waals surface area (Å²) in [7, 11) is 1.62. The summed E-state index contributed by atoms with van der Waals surface area (Å²) in [5, 5.41) is 13.6. The van der Waals surface area contributed by atoms with Gasteiger partial charge in [0.15, 0.2) is 0 Å². The highest BCUT2D eigenvalue weighted by Crippen LogP contribution is 2.35. The molecular formula is C26H25N3O4S2. The number of hydrogen-bond donors (Lipinski definition) is 1. The Hall–Kier alpha value is -3.43. The van der Waals surface area contributed by atoms with Gasteiger partial charge in [0.2, 0.25) is 0 Å². The number of thioether (sulfide) groups is 1. The maximum atomic E-state index is 13.1.